The van der Waals surface area contributed by atoms with E-state index in [1.807, 2.05) is 0 Å². The van der Waals surface area contributed by atoms with E-state index in [1.165, 1.54) is 24.7 Å². The second kappa shape index (κ2) is 7.23. The molecule has 0 unspecified atom stereocenters. The molecule has 110 valence electrons. The molecule has 2 rings (SSSR count). The van der Waals surface area contributed by atoms with Crippen molar-refractivity contribution in [2.24, 2.45) is 0 Å². The van der Waals surface area contributed by atoms with Crippen molar-refractivity contribution in [2.75, 3.05) is 6.54 Å². The van der Waals surface area contributed by atoms with Crippen molar-refractivity contribution < 1.29 is 14.1 Å². The molecule has 0 atom stereocenters. The van der Waals surface area contributed by atoms with Crippen LogP contribution in [0, 0.1) is 10.1 Å². The molecule has 1 N–H and O–H groups in total. The number of nitro groups is 1. The van der Waals surface area contributed by atoms with Gasteiger partial charge in [0.1, 0.15) is 6.26 Å². The number of furan rings is 1. The topological polar surface area (TPSA) is 85.4 Å². The van der Waals surface area contributed by atoms with Gasteiger partial charge in [0.25, 0.3) is 11.6 Å². The molecular weight excluding hydrogens is 272 g/mol. The minimum atomic E-state index is -0.408. The highest BCUT2D eigenvalue weighted by Crippen LogP contribution is 2.13. The number of nitrogens with one attached hydrogen (secondary N) is 1. The lowest BCUT2D eigenvalue weighted by Crippen LogP contribution is -2.23. The van der Waals surface area contributed by atoms with Gasteiger partial charge in [-0.25, -0.2) is 0 Å². The van der Waals surface area contributed by atoms with Gasteiger partial charge in [0.15, 0.2) is 0 Å². The van der Waals surface area contributed by atoms with E-state index >= 15 is 0 Å². The number of benzene rings is 1. The number of carbonyl (C=O) groups is 1. The van der Waals surface area contributed by atoms with Gasteiger partial charge in [-0.2, -0.15) is 0 Å². The zero-order valence-corrected chi connectivity index (χ0v) is 11.5. The van der Waals surface area contributed by atoms with E-state index in [4.69, 9.17) is 4.42 Å². The summed E-state index contributed by atoms with van der Waals surface area (Å²) >= 11 is 0. The fourth-order valence-electron chi connectivity index (χ4n) is 1.94. The van der Waals surface area contributed by atoms with Gasteiger partial charge in [0, 0.05) is 18.7 Å². The molecule has 2 aromatic rings. The Balaban J connectivity index is 1.65. The van der Waals surface area contributed by atoms with Gasteiger partial charge >= 0.3 is 0 Å². The van der Waals surface area contributed by atoms with Crippen molar-refractivity contribution in [1.29, 1.82) is 0 Å². The zero-order valence-electron chi connectivity index (χ0n) is 11.5. The minimum Gasteiger partial charge on any atom is -0.472 e. The molecule has 1 aromatic carbocycles. The molecule has 1 aromatic heterocycles. The van der Waals surface area contributed by atoms with Crippen LogP contribution >= 0.6 is 0 Å². The number of carbonyl (C=O) groups excluding carboxylic acids is 1. The molecule has 21 heavy (non-hydrogen) atoms. The van der Waals surface area contributed by atoms with Crippen LogP contribution in [0.15, 0.2) is 47.3 Å². The first-order valence-corrected chi connectivity index (χ1v) is 6.70. The summed E-state index contributed by atoms with van der Waals surface area (Å²) in [5.74, 6) is -0.140. The van der Waals surface area contributed by atoms with Crippen LogP contribution in [-0.2, 0) is 6.42 Å². The van der Waals surface area contributed by atoms with E-state index in [9.17, 15) is 14.9 Å². The number of hydrogen-bond acceptors (Lipinski definition) is 4. The standard InChI is InChI=1S/C15H16N2O4/c18-15(13-8-10-21-11-13)16-9-2-1-3-12-4-6-14(7-5-12)17(19)20/h4-8,10-11H,1-3,9H2,(H,16,18). The number of non-ortho nitro benzene ring substituents is 1. The summed E-state index contributed by atoms with van der Waals surface area (Å²) < 4.78 is 4.84. The number of aryl methyl sites for hydroxylation is 1. The second-order valence-electron chi connectivity index (χ2n) is 4.65. The molecule has 6 heteroatoms. The number of hydrogen-bond donors (Lipinski definition) is 1. The highest BCUT2D eigenvalue weighted by atomic mass is 16.6. The van der Waals surface area contributed by atoms with Crippen LogP contribution in [0.1, 0.15) is 28.8 Å². The van der Waals surface area contributed by atoms with Crippen LogP contribution in [0.25, 0.3) is 0 Å². The van der Waals surface area contributed by atoms with E-state index in [0.717, 1.165) is 24.8 Å². The third-order valence-corrected chi connectivity index (χ3v) is 3.11. The second-order valence-corrected chi connectivity index (χ2v) is 4.65. The van der Waals surface area contributed by atoms with Crippen LogP contribution < -0.4 is 5.32 Å². The fourth-order valence-corrected chi connectivity index (χ4v) is 1.94. The summed E-state index contributed by atoms with van der Waals surface area (Å²) in [5.41, 5.74) is 1.68. The lowest BCUT2D eigenvalue weighted by molar-refractivity contribution is -0.384. The quantitative estimate of drug-likeness (QED) is 0.482. The molecular formula is C15H16N2O4. The Morgan fingerprint density at radius 1 is 1.19 bits per heavy atom. The molecule has 0 saturated heterocycles. The Morgan fingerprint density at radius 3 is 2.57 bits per heavy atom. The summed E-state index contributed by atoms with van der Waals surface area (Å²) in [6, 6.07) is 8.17. The maximum Gasteiger partial charge on any atom is 0.269 e. The van der Waals surface area contributed by atoms with Gasteiger partial charge in [-0.3, -0.25) is 14.9 Å². The van der Waals surface area contributed by atoms with Crippen LogP contribution in [0.3, 0.4) is 0 Å². The Bertz CT molecular complexity index is 591. The van der Waals surface area contributed by atoms with Crippen molar-refractivity contribution in [3.63, 3.8) is 0 Å². The average Bonchev–Trinajstić information content (AvgIpc) is 3.01. The van der Waals surface area contributed by atoms with Gasteiger partial charge in [0.2, 0.25) is 0 Å². The SMILES string of the molecule is O=C(NCCCCc1ccc([N+](=O)[O-])cc1)c1ccoc1. The monoisotopic (exact) mass is 288 g/mol. The maximum absolute atomic E-state index is 11.6. The number of nitro benzene ring substituents is 1. The third kappa shape index (κ3) is 4.45. The normalized spacial score (nSPS) is 10.3. The maximum atomic E-state index is 11.6. The minimum absolute atomic E-state index is 0.103. The fraction of sp³-hybridized carbons (Fsp3) is 0.267. The summed E-state index contributed by atoms with van der Waals surface area (Å²) in [6.45, 7) is 0.594. The molecule has 0 aliphatic rings. The number of nitrogens with zero attached hydrogens (tertiary/aromatic N) is 1. The number of unbranched alkanes of at least 4 members (excludes halogenated alkanes) is 1. The van der Waals surface area contributed by atoms with Crippen molar-refractivity contribution in [2.45, 2.75) is 19.3 Å². The van der Waals surface area contributed by atoms with E-state index in [0.29, 0.717) is 12.1 Å². The predicted octanol–water partition coefficient (Wildman–Crippen LogP) is 2.94. The first-order chi connectivity index (χ1) is 10.2. The summed E-state index contributed by atoms with van der Waals surface area (Å²) in [5, 5.41) is 13.3. The van der Waals surface area contributed by atoms with Crippen molar-refractivity contribution in [3.8, 4) is 0 Å². The average molecular weight is 288 g/mol. The molecule has 0 saturated carbocycles. The van der Waals surface area contributed by atoms with Gasteiger partial charge in [0.05, 0.1) is 16.7 Å². The lowest BCUT2D eigenvalue weighted by atomic mass is 10.1. The first-order valence-electron chi connectivity index (χ1n) is 6.70. The summed E-state index contributed by atoms with van der Waals surface area (Å²) in [6.07, 6.45) is 5.46. The molecule has 0 radical (unpaired) electrons. The zero-order chi connectivity index (χ0) is 15.1. The highest BCUT2D eigenvalue weighted by Gasteiger charge is 2.06. The third-order valence-electron chi connectivity index (χ3n) is 3.11. The molecule has 0 aliphatic carbocycles. The molecule has 1 amide bonds. The van der Waals surface area contributed by atoms with Gasteiger partial charge < -0.3 is 9.73 Å². The van der Waals surface area contributed by atoms with Crippen LogP contribution in [-0.4, -0.2) is 17.4 Å². The van der Waals surface area contributed by atoms with Crippen molar-refractivity contribution in [3.05, 3.63) is 64.1 Å². The van der Waals surface area contributed by atoms with E-state index < -0.39 is 4.92 Å². The summed E-state index contributed by atoms with van der Waals surface area (Å²) in [4.78, 5) is 21.7. The van der Waals surface area contributed by atoms with E-state index in [-0.39, 0.29) is 11.6 Å². The molecule has 0 fully saturated rings. The summed E-state index contributed by atoms with van der Waals surface area (Å²) in [7, 11) is 0. The highest BCUT2D eigenvalue weighted by molar-refractivity contribution is 5.93. The smallest absolute Gasteiger partial charge is 0.269 e. The Kier molecular flexibility index (Phi) is 5.09. The Morgan fingerprint density at radius 2 is 1.95 bits per heavy atom. The molecule has 0 spiro atoms. The van der Waals surface area contributed by atoms with Crippen molar-refractivity contribution >= 4 is 11.6 Å². The molecule has 0 bridgehead atoms. The van der Waals surface area contributed by atoms with Gasteiger partial charge in [-0.05, 0) is 30.9 Å². The largest absolute Gasteiger partial charge is 0.472 e. The van der Waals surface area contributed by atoms with Gasteiger partial charge in [-0.1, -0.05) is 12.1 Å². The molecule has 1 heterocycles. The Hall–Kier alpha value is -2.63. The lowest BCUT2D eigenvalue weighted by Gasteiger charge is -2.04. The Labute approximate surface area is 121 Å². The van der Waals surface area contributed by atoms with Crippen LogP contribution in [0.4, 0.5) is 5.69 Å². The molecule has 6 nitrogen and oxygen atoms in total. The molecule has 0 aliphatic heterocycles. The van der Waals surface area contributed by atoms with E-state index in [1.54, 1.807) is 18.2 Å². The van der Waals surface area contributed by atoms with Gasteiger partial charge in [-0.15, -0.1) is 0 Å². The first kappa shape index (κ1) is 14.8. The number of rotatable bonds is 7. The van der Waals surface area contributed by atoms with E-state index in [2.05, 4.69) is 5.32 Å². The predicted molar refractivity (Wildman–Crippen MR) is 77.1 cm³/mol. The van der Waals surface area contributed by atoms with Crippen LogP contribution in [0.5, 0.6) is 0 Å². The van der Waals surface area contributed by atoms with Crippen molar-refractivity contribution in [1.82, 2.24) is 5.32 Å². The number of amides is 1. The van der Waals surface area contributed by atoms with Crippen LogP contribution in [0.2, 0.25) is 0 Å².